The lowest BCUT2D eigenvalue weighted by molar-refractivity contribution is 0.206. The summed E-state index contributed by atoms with van der Waals surface area (Å²) in [6.07, 6.45) is 7.69. The maximum absolute atomic E-state index is 5.86. The fourth-order valence-electron chi connectivity index (χ4n) is 3.69. The minimum Gasteiger partial charge on any atom is -0.271 e. The Bertz CT molecular complexity index is 413. The molecular formula is C16H30N4. The molecule has 0 amide bonds. The van der Waals surface area contributed by atoms with Gasteiger partial charge >= 0.3 is 0 Å². The van der Waals surface area contributed by atoms with Gasteiger partial charge in [-0.1, -0.05) is 26.2 Å². The van der Waals surface area contributed by atoms with Gasteiger partial charge in [-0.3, -0.25) is 16.0 Å². The molecular weight excluding hydrogens is 248 g/mol. The number of hydrogen-bond acceptors (Lipinski definition) is 3. The normalized spacial score (nSPS) is 24.8. The number of rotatable bonds is 6. The molecule has 2 rings (SSSR count). The average molecular weight is 278 g/mol. The summed E-state index contributed by atoms with van der Waals surface area (Å²) < 4.78 is 2.11. The van der Waals surface area contributed by atoms with Crippen LogP contribution < -0.4 is 11.3 Å². The van der Waals surface area contributed by atoms with E-state index in [1.165, 1.54) is 37.8 Å². The summed E-state index contributed by atoms with van der Waals surface area (Å²) in [5.74, 6) is 7.46. The predicted molar refractivity (Wildman–Crippen MR) is 83.2 cm³/mol. The second kappa shape index (κ2) is 7.23. The lowest BCUT2D eigenvalue weighted by atomic mass is 9.76. The zero-order valence-corrected chi connectivity index (χ0v) is 13.2. The summed E-state index contributed by atoms with van der Waals surface area (Å²) in [4.78, 5) is 0. The van der Waals surface area contributed by atoms with Gasteiger partial charge in [0.15, 0.2) is 0 Å². The quantitative estimate of drug-likeness (QED) is 0.621. The fourth-order valence-corrected chi connectivity index (χ4v) is 3.69. The standard InChI is InChI=1S/C16H30N4/c1-4-13-7-6-8-14(10-13)16(18-17)11-15-9-12(3)19-20(15)5-2/h9,13-14,16,18H,4-8,10-11,17H2,1-3H3. The van der Waals surface area contributed by atoms with E-state index in [9.17, 15) is 0 Å². The molecule has 114 valence electrons. The van der Waals surface area contributed by atoms with Crippen molar-refractivity contribution in [3.63, 3.8) is 0 Å². The van der Waals surface area contributed by atoms with E-state index >= 15 is 0 Å². The van der Waals surface area contributed by atoms with Crippen LogP contribution in [0.5, 0.6) is 0 Å². The van der Waals surface area contributed by atoms with Crippen LogP contribution >= 0.6 is 0 Å². The largest absolute Gasteiger partial charge is 0.271 e. The first kappa shape index (κ1) is 15.5. The van der Waals surface area contributed by atoms with E-state index in [-0.39, 0.29) is 0 Å². The molecule has 0 radical (unpaired) electrons. The first-order valence-electron chi connectivity index (χ1n) is 8.17. The Labute approximate surface area is 123 Å². The Morgan fingerprint density at radius 2 is 2.25 bits per heavy atom. The van der Waals surface area contributed by atoms with Gasteiger partial charge in [-0.15, -0.1) is 0 Å². The highest BCUT2D eigenvalue weighted by atomic mass is 15.3. The summed E-state index contributed by atoms with van der Waals surface area (Å²) in [7, 11) is 0. The SMILES string of the molecule is CCC1CCCC(C(Cc2cc(C)nn2CC)NN)C1. The molecule has 4 nitrogen and oxygen atoms in total. The predicted octanol–water partition coefficient (Wildman–Crippen LogP) is 2.80. The Kier molecular flexibility index (Phi) is 5.61. The molecule has 0 saturated heterocycles. The van der Waals surface area contributed by atoms with Crippen molar-refractivity contribution < 1.29 is 0 Å². The van der Waals surface area contributed by atoms with E-state index in [1.807, 2.05) is 0 Å². The summed E-state index contributed by atoms with van der Waals surface area (Å²) in [5, 5.41) is 4.54. The van der Waals surface area contributed by atoms with Gasteiger partial charge in [-0.05, 0) is 44.6 Å². The third-order valence-corrected chi connectivity index (χ3v) is 4.90. The molecule has 1 aromatic rings. The van der Waals surface area contributed by atoms with Gasteiger partial charge in [0.05, 0.1) is 5.69 Å². The van der Waals surface area contributed by atoms with Crippen molar-refractivity contribution in [2.45, 2.75) is 71.9 Å². The molecule has 1 aromatic heterocycles. The number of aromatic nitrogens is 2. The Hall–Kier alpha value is -0.870. The molecule has 0 bridgehead atoms. The van der Waals surface area contributed by atoms with Crippen LogP contribution in [0, 0.1) is 18.8 Å². The van der Waals surface area contributed by atoms with E-state index < -0.39 is 0 Å². The zero-order valence-electron chi connectivity index (χ0n) is 13.2. The first-order chi connectivity index (χ1) is 9.67. The van der Waals surface area contributed by atoms with E-state index in [0.29, 0.717) is 12.0 Å². The number of hydrogen-bond donors (Lipinski definition) is 2. The van der Waals surface area contributed by atoms with Gasteiger partial charge in [0.1, 0.15) is 0 Å². The second-order valence-electron chi connectivity index (χ2n) is 6.27. The smallest absolute Gasteiger partial charge is 0.0596 e. The number of nitrogens with two attached hydrogens (primary N) is 1. The molecule has 3 N–H and O–H groups in total. The van der Waals surface area contributed by atoms with Crippen molar-refractivity contribution in [1.29, 1.82) is 0 Å². The van der Waals surface area contributed by atoms with Gasteiger partial charge in [-0.2, -0.15) is 5.10 Å². The molecule has 1 heterocycles. The monoisotopic (exact) mass is 278 g/mol. The molecule has 1 aliphatic rings. The summed E-state index contributed by atoms with van der Waals surface area (Å²) in [6.45, 7) is 7.46. The third-order valence-electron chi connectivity index (χ3n) is 4.90. The van der Waals surface area contributed by atoms with Crippen LogP contribution in [0.2, 0.25) is 0 Å². The Balaban J connectivity index is 2.04. The van der Waals surface area contributed by atoms with E-state index in [1.54, 1.807) is 0 Å². The highest BCUT2D eigenvalue weighted by Crippen LogP contribution is 2.33. The minimum atomic E-state index is 0.380. The molecule has 3 unspecified atom stereocenters. The molecule has 1 saturated carbocycles. The van der Waals surface area contributed by atoms with Crippen molar-refractivity contribution >= 4 is 0 Å². The number of nitrogens with one attached hydrogen (secondary N) is 1. The van der Waals surface area contributed by atoms with Gasteiger partial charge in [0.2, 0.25) is 0 Å². The van der Waals surface area contributed by atoms with E-state index in [0.717, 1.165) is 24.6 Å². The zero-order chi connectivity index (χ0) is 14.5. The molecule has 1 fully saturated rings. The van der Waals surface area contributed by atoms with Crippen LogP contribution in [-0.4, -0.2) is 15.8 Å². The van der Waals surface area contributed by atoms with Crippen LogP contribution in [-0.2, 0) is 13.0 Å². The Morgan fingerprint density at radius 1 is 1.45 bits per heavy atom. The fraction of sp³-hybridized carbons (Fsp3) is 0.812. The number of hydrazine groups is 1. The maximum atomic E-state index is 5.86. The highest BCUT2D eigenvalue weighted by molar-refractivity contribution is 5.11. The topological polar surface area (TPSA) is 55.9 Å². The first-order valence-corrected chi connectivity index (χ1v) is 8.17. The molecule has 4 heteroatoms. The van der Waals surface area contributed by atoms with Crippen LogP contribution in [0.15, 0.2) is 6.07 Å². The average Bonchev–Trinajstić information content (AvgIpc) is 2.84. The highest BCUT2D eigenvalue weighted by Gasteiger charge is 2.28. The van der Waals surface area contributed by atoms with Crippen molar-refractivity contribution in [3.8, 4) is 0 Å². The summed E-state index contributed by atoms with van der Waals surface area (Å²) in [5.41, 5.74) is 5.50. The van der Waals surface area contributed by atoms with E-state index in [2.05, 4.69) is 42.0 Å². The van der Waals surface area contributed by atoms with Gasteiger partial charge < -0.3 is 0 Å². The molecule has 0 aliphatic heterocycles. The number of aryl methyl sites for hydroxylation is 2. The lowest BCUT2D eigenvalue weighted by Crippen LogP contribution is -2.44. The van der Waals surface area contributed by atoms with E-state index in [4.69, 9.17) is 5.84 Å². The third kappa shape index (κ3) is 3.61. The van der Waals surface area contributed by atoms with Gasteiger partial charge in [-0.25, -0.2) is 0 Å². The molecule has 0 aromatic carbocycles. The summed E-state index contributed by atoms with van der Waals surface area (Å²) in [6, 6.07) is 2.58. The van der Waals surface area contributed by atoms with Crippen LogP contribution in [0.1, 0.15) is 57.3 Å². The van der Waals surface area contributed by atoms with Gasteiger partial charge in [0.25, 0.3) is 0 Å². The van der Waals surface area contributed by atoms with Crippen molar-refractivity contribution in [3.05, 3.63) is 17.5 Å². The second-order valence-corrected chi connectivity index (χ2v) is 6.27. The minimum absolute atomic E-state index is 0.380. The van der Waals surface area contributed by atoms with Crippen LogP contribution in [0.25, 0.3) is 0 Å². The van der Waals surface area contributed by atoms with Crippen molar-refractivity contribution in [2.24, 2.45) is 17.7 Å². The van der Waals surface area contributed by atoms with Crippen molar-refractivity contribution in [1.82, 2.24) is 15.2 Å². The summed E-state index contributed by atoms with van der Waals surface area (Å²) >= 11 is 0. The number of nitrogens with zero attached hydrogens (tertiary/aromatic N) is 2. The van der Waals surface area contributed by atoms with Crippen LogP contribution in [0.3, 0.4) is 0 Å². The lowest BCUT2D eigenvalue weighted by Gasteiger charge is -2.34. The Morgan fingerprint density at radius 3 is 2.90 bits per heavy atom. The molecule has 20 heavy (non-hydrogen) atoms. The molecule has 3 atom stereocenters. The van der Waals surface area contributed by atoms with Crippen LogP contribution in [0.4, 0.5) is 0 Å². The van der Waals surface area contributed by atoms with Gasteiger partial charge in [0, 0.05) is 24.7 Å². The maximum Gasteiger partial charge on any atom is 0.0596 e. The molecule has 1 aliphatic carbocycles. The van der Waals surface area contributed by atoms with Crippen molar-refractivity contribution in [2.75, 3.05) is 0 Å². The molecule has 0 spiro atoms.